The van der Waals surface area contributed by atoms with Crippen LogP contribution in [0.3, 0.4) is 0 Å². The van der Waals surface area contributed by atoms with Crippen LogP contribution in [-0.2, 0) is 16.5 Å². The van der Waals surface area contributed by atoms with Gasteiger partial charge in [0, 0.05) is 38.4 Å². The lowest BCUT2D eigenvalue weighted by molar-refractivity contribution is -0.0428. The maximum absolute atomic E-state index is 5.95. The van der Waals surface area contributed by atoms with Crippen LogP contribution in [0.2, 0.25) is 0 Å². The second-order valence-corrected chi connectivity index (χ2v) is 6.55. The number of aryl methyl sites for hydroxylation is 1. The topological polar surface area (TPSA) is 48.3 Å². The molecule has 5 nitrogen and oxygen atoms in total. The SMILES string of the molecule is C[C@H]1CC(NC[C@@H]2CCO[C@H]2c2ccnn2C)C[C@H](C)O1. The van der Waals surface area contributed by atoms with Gasteiger partial charge in [0.1, 0.15) is 6.10 Å². The summed E-state index contributed by atoms with van der Waals surface area (Å²) in [5.74, 6) is 0.536. The lowest BCUT2D eigenvalue weighted by Gasteiger charge is -2.33. The van der Waals surface area contributed by atoms with E-state index in [4.69, 9.17) is 9.47 Å². The Morgan fingerprint density at radius 2 is 2.10 bits per heavy atom. The van der Waals surface area contributed by atoms with Crippen LogP contribution < -0.4 is 5.32 Å². The van der Waals surface area contributed by atoms with Gasteiger partial charge in [-0.05, 0) is 39.2 Å². The van der Waals surface area contributed by atoms with E-state index < -0.39 is 0 Å². The standard InChI is InChI=1S/C16H27N3O2/c1-11-8-14(9-12(2)21-11)17-10-13-5-7-20-16(13)15-4-6-18-19(15)3/h4,6,11-14,16-17H,5,7-10H2,1-3H3/t11-,12-,13-,16+/m0/s1. The first-order valence-corrected chi connectivity index (χ1v) is 8.12. The van der Waals surface area contributed by atoms with Crippen molar-refractivity contribution in [3.63, 3.8) is 0 Å². The minimum absolute atomic E-state index is 0.180. The van der Waals surface area contributed by atoms with E-state index in [-0.39, 0.29) is 6.10 Å². The molecule has 2 aliphatic rings. The summed E-state index contributed by atoms with van der Waals surface area (Å²) < 4.78 is 13.7. The van der Waals surface area contributed by atoms with Crippen molar-refractivity contribution in [3.05, 3.63) is 18.0 Å². The summed E-state index contributed by atoms with van der Waals surface area (Å²) in [5.41, 5.74) is 1.19. The van der Waals surface area contributed by atoms with Gasteiger partial charge in [0.05, 0.1) is 17.9 Å². The Bertz CT molecular complexity index is 452. The highest BCUT2D eigenvalue weighted by molar-refractivity contribution is 5.07. The van der Waals surface area contributed by atoms with Gasteiger partial charge in [0.25, 0.3) is 0 Å². The van der Waals surface area contributed by atoms with Crippen LogP contribution in [0, 0.1) is 5.92 Å². The van der Waals surface area contributed by atoms with E-state index in [1.165, 1.54) is 5.69 Å². The van der Waals surface area contributed by atoms with Crippen LogP contribution in [-0.4, -0.2) is 41.2 Å². The van der Waals surface area contributed by atoms with Crippen molar-refractivity contribution in [1.29, 1.82) is 0 Å². The highest BCUT2D eigenvalue weighted by Gasteiger charge is 2.32. The summed E-state index contributed by atoms with van der Waals surface area (Å²) in [7, 11) is 1.99. The van der Waals surface area contributed by atoms with Crippen molar-refractivity contribution in [2.75, 3.05) is 13.2 Å². The maximum atomic E-state index is 5.95. The number of ether oxygens (including phenoxy) is 2. The molecule has 3 rings (SSSR count). The molecule has 1 aromatic rings. The van der Waals surface area contributed by atoms with E-state index in [1.807, 2.05) is 17.9 Å². The zero-order chi connectivity index (χ0) is 14.8. The van der Waals surface area contributed by atoms with Gasteiger partial charge in [0.15, 0.2) is 0 Å². The molecule has 1 aromatic heterocycles. The molecule has 1 N–H and O–H groups in total. The Hall–Kier alpha value is -0.910. The molecule has 0 spiro atoms. The van der Waals surface area contributed by atoms with Gasteiger partial charge >= 0.3 is 0 Å². The van der Waals surface area contributed by atoms with E-state index in [9.17, 15) is 0 Å². The summed E-state index contributed by atoms with van der Waals surface area (Å²) in [5, 5.41) is 8.01. The van der Waals surface area contributed by atoms with E-state index in [2.05, 4.69) is 30.3 Å². The molecule has 2 fully saturated rings. The predicted molar refractivity (Wildman–Crippen MR) is 81.0 cm³/mol. The second-order valence-electron chi connectivity index (χ2n) is 6.55. The minimum Gasteiger partial charge on any atom is -0.375 e. The van der Waals surface area contributed by atoms with Crippen LogP contribution in [0.1, 0.15) is 44.9 Å². The van der Waals surface area contributed by atoms with Gasteiger partial charge in [-0.2, -0.15) is 5.10 Å². The van der Waals surface area contributed by atoms with Gasteiger partial charge in [-0.15, -0.1) is 0 Å². The van der Waals surface area contributed by atoms with Crippen molar-refractivity contribution in [2.45, 2.75) is 57.5 Å². The average molecular weight is 293 g/mol. The molecular weight excluding hydrogens is 266 g/mol. The molecule has 0 aromatic carbocycles. The first kappa shape index (κ1) is 15.0. The Balaban J connectivity index is 1.56. The first-order chi connectivity index (χ1) is 10.1. The van der Waals surface area contributed by atoms with E-state index in [0.29, 0.717) is 24.2 Å². The third-order valence-corrected chi connectivity index (χ3v) is 4.73. The minimum atomic E-state index is 0.180. The largest absolute Gasteiger partial charge is 0.375 e. The third kappa shape index (κ3) is 3.47. The molecule has 2 aliphatic heterocycles. The Kier molecular flexibility index (Phi) is 4.62. The van der Waals surface area contributed by atoms with Gasteiger partial charge in [0.2, 0.25) is 0 Å². The van der Waals surface area contributed by atoms with E-state index >= 15 is 0 Å². The Morgan fingerprint density at radius 3 is 2.76 bits per heavy atom. The van der Waals surface area contributed by atoms with Gasteiger partial charge in [-0.3, -0.25) is 4.68 Å². The molecule has 4 atom stereocenters. The predicted octanol–water partition coefficient (Wildman–Crippen LogP) is 2.04. The van der Waals surface area contributed by atoms with Crippen molar-refractivity contribution in [1.82, 2.24) is 15.1 Å². The molecule has 5 heteroatoms. The van der Waals surface area contributed by atoms with Gasteiger partial charge in [-0.25, -0.2) is 0 Å². The van der Waals surface area contributed by atoms with Crippen LogP contribution in [0.5, 0.6) is 0 Å². The number of nitrogens with zero attached hydrogens (tertiary/aromatic N) is 2. The zero-order valence-corrected chi connectivity index (χ0v) is 13.3. The highest BCUT2D eigenvalue weighted by atomic mass is 16.5. The lowest BCUT2D eigenvalue weighted by Crippen LogP contribution is -2.43. The fourth-order valence-electron chi connectivity index (χ4n) is 3.72. The van der Waals surface area contributed by atoms with Crippen molar-refractivity contribution < 1.29 is 9.47 Å². The average Bonchev–Trinajstić information content (AvgIpc) is 3.03. The molecule has 0 saturated carbocycles. The normalized spacial score (nSPS) is 37.0. The Labute approximate surface area is 127 Å². The fourth-order valence-corrected chi connectivity index (χ4v) is 3.72. The van der Waals surface area contributed by atoms with Crippen LogP contribution in [0.25, 0.3) is 0 Å². The molecule has 0 bridgehead atoms. The fraction of sp³-hybridized carbons (Fsp3) is 0.812. The number of hydrogen-bond donors (Lipinski definition) is 1. The summed E-state index contributed by atoms with van der Waals surface area (Å²) >= 11 is 0. The van der Waals surface area contributed by atoms with Crippen LogP contribution in [0.15, 0.2) is 12.3 Å². The zero-order valence-electron chi connectivity index (χ0n) is 13.3. The molecule has 118 valence electrons. The van der Waals surface area contributed by atoms with Crippen molar-refractivity contribution >= 4 is 0 Å². The molecule has 0 aliphatic carbocycles. The molecule has 3 heterocycles. The summed E-state index contributed by atoms with van der Waals surface area (Å²) in [6, 6.07) is 2.64. The van der Waals surface area contributed by atoms with E-state index in [1.54, 1.807) is 0 Å². The van der Waals surface area contributed by atoms with E-state index in [0.717, 1.165) is 32.4 Å². The summed E-state index contributed by atoms with van der Waals surface area (Å²) in [6.07, 6.45) is 6.08. The van der Waals surface area contributed by atoms with Crippen molar-refractivity contribution in [3.8, 4) is 0 Å². The molecule has 0 unspecified atom stereocenters. The second kappa shape index (κ2) is 6.46. The number of nitrogens with one attached hydrogen (secondary N) is 1. The summed E-state index contributed by atoms with van der Waals surface area (Å²) in [6.45, 7) is 6.20. The molecular formula is C16H27N3O2. The number of rotatable bonds is 4. The molecule has 2 saturated heterocycles. The first-order valence-electron chi connectivity index (χ1n) is 8.12. The monoisotopic (exact) mass is 293 g/mol. The maximum Gasteiger partial charge on any atom is 0.103 e. The van der Waals surface area contributed by atoms with Gasteiger partial charge < -0.3 is 14.8 Å². The molecule has 0 amide bonds. The number of aromatic nitrogens is 2. The smallest absolute Gasteiger partial charge is 0.103 e. The third-order valence-electron chi connectivity index (χ3n) is 4.73. The lowest BCUT2D eigenvalue weighted by atomic mass is 9.96. The van der Waals surface area contributed by atoms with Crippen molar-refractivity contribution in [2.24, 2.45) is 13.0 Å². The highest BCUT2D eigenvalue weighted by Crippen LogP contribution is 2.34. The molecule has 0 radical (unpaired) electrons. The summed E-state index contributed by atoms with van der Waals surface area (Å²) in [4.78, 5) is 0. The van der Waals surface area contributed by atoms with Crippen LogP contribution in [0.4, 0.5) is 0 Å². The van der Waals surface area contributed by atoms with Gasteiger partial charge in [-0.1, -0.05) is 0 Å². The van der Waals surface area contributed by atoms with Crippen LogP contribution >= 0.6 is 0 Å². The Morgan fingerprint density at radius 1 is 1.33 bits per heavy atom. The number of hydrogen-bond acceptors (Lipinski definition) is 4. The molecule has 21 heavy (non-hydrogen) atoms. The quantitative estimate of drug-likeness (QED) is 0.923.